The first-order valence-corrected chi connectivity index (χ1v) is 4.91. The number of carbonyl (C=O) groups is 2. The lowest BCUT2D eigenvalue weighted by Crippen LogP contribution is -2.46. The molecule has 2 amide bonds. The molecule has 0 saturated carbocycles. The van der Waals surface area contributed by atoms with Crippen LogP contribution in [0.1, 0.15) is 6.92 Å². The molecule has 0 heterocycles. The van der Waals surface area contributed by atoms with Gasteiger partial charge in [-0.1, -0.05) is 0 Å². The number of carbonyl (C=O) groups excluding carboxylic acids is 2. The van der Waals surface area contributed by atoms with Crippen LogP contribution in [0.4, 0.5) is 13.2 Å². The molecule has 100 valence electrons. The molecule has 0 aliphatic rings. The molecule has 0 saturated heterocycles. The molecule has 1 unspecified atom stereocenters. The Kier molecular flexibility index (Phi) is 5.94. The fraction of sp³-hybridized carbons (Fsp3) is 0.778. The topological polar surface area (TPSA) is 61.4 Å². The highest BCUT2D eigenvalue weighted by atomic mass is 19.4. The van der Waals surface area contributed by atoms with Gasteiger partial charge in [0.25, 0.3) is 0 Å². The van der Waals surface area contributed by atoms with E-state index in [2.05, 4.69) is 5.32 Å². The van der Waals surface area contributed by atoms with Gasteiger partial charge in [0.05, 0.1) is 12.6 Å². The first kappa shape index (κ1) is 15.7. The van der Waals surface area contributed by atoms with Crippen LogP contribution in [-0.4, -0.2) is 56.1 Å². The zero-order valence-electron chi connectivity index (χ0n) is 9.89. The number of halogens is 3. The van der Waals surface area contributed by atoms with E-state index >= 15 is 0 Å². The van der Waals surface area contributed by atoms with Gasteiger partial charge in [0.2, 0.25) is 11.8 Å². The maximum Gasteiger partial charge on any atom is 0.405 e. The van der Waals surface area contributed by atoms with Gasteiger partial charge in [0.15, 0.2) is 0 Å². The highest BCUT2D eigenvalue weighted by Crippen LogP contribution is 2.11. The van der Waals surface area contributed by atoms with Gasteiger partial charge >= 0.3 is 6.18 Å². The van der Waals surface area contributed by atoms with Crippen LogP contribution in [-0.2, 0) is 9.59 Å². The first-order chi connectivity index (χ1) is 7.63. The molecule has 0 fully saturated rings. The number of hydrogen-bond donors (Lipinski definition) is 2. The Labute approximate surface area is 97.3 Å². The Morgan fingerprint density at radius 2 is 1.82 bits per heavy atom. The van der Waals surface area contributed by atoms with Gasteiger partial charge in [-0.15, -0.1) is 0 Å². The second-order valence-corrected chi connectivity index (χ2v) is 3.73. The summed E-state index contributed by atoms with van der Waals surface area (Å²) in [5.74, 6) is -1.06. The molecule has 5 nitrogen and oxygen atoms in total. The maximum absolute atomic E-state index is 11.8. The average Bonchev–Trinajstić information content (AvgIpc) is 2.20. The highest BCUT2D eigenvalue weighted by Gasteiger charge is 2.27. The minimum absolute atomic E-state index is 0.256. The van der Waals surface area contributed by atoms with Crippen LogP contribution in [0, 0.1) is 0 Å². The SMILES string of the molecule is CC(NCC(=O)NCC(F)(F)F)C(=O)N(C)C. The van der Waals surface area contributed by atoms with Crippen molar-refractivity contribution in [2.24, 2.45) is 0 Å². The normalized spacial score (nSPS) is 13.1. The quantitative estimate of drug-likeness (QED) is 0.711. The van der Waals surface area contributed by atoms with Gasteiger partial charge in [-0.3, -0.25) is 14.9 Å². The summed E-state index contributed by atoms with van der Waals surface area (Å²) in [4.78, 5) is 23.6. The number of nitrogens with one attached hydrogen (secondary N) is 2. The Bertz CT molecular complexity index is 279. The third kappa shape index (κ3) is 7.56. The number of rotatable bonds is 5. The Balaban J connectivity index is 3.89. The van der Waals surface area contributed by atoms with Gasteiger partial charge < -0.3 is 10.2 Å². The van der Waals surface area contributed by atoms with Crippen LogP contribution in [0.25, 0.3) is 0 Å². The number of alkyl halides is 3. The predicted molar refractivity (Wildman–Crippen MR) is 55.2 cm³/mol. The fourth-order valence-corrected chi connectivity index (χ4v) is 0.982. The van der Waals surface area contributed by atoms with Crippen molar-refractivity contribution in [2.75, 3.05) is 27.2 Å². The summed E-state index contributed by atoms with van der Waals surface area (Å²) in [6.45, 7) is -0.181. The maximum atomic E-state index is 11.8. The minimum atomic E-state index is -4.43. The van der Waals surface area contributed by atoms with Gasteiger partial charge in [-0.2, -0.15) is 13.2 Å². The van der Waals surface area contributed by atoms with Crippen LogP contribution >= 0.6 is 0 Å². The summed E-state index contributed by atoms with van der Waals surface area (Å²) in [7, 11) is 3.09. The zero-order valence-corrected chi connectivity index (χ0v) is 9.89. The van der Waals surface area contributed by atoms with Crippen molar-refractivity contribution in [3.8, 4) is 0 Å². The van der Waals surface area contributed by atoms with Crippen LogP contribution < -0.4 is 10.6 Å². The summed E-state index contributed by atoms with van der Waals surface area (Å²) in [5.41, 5.74) is 0. The van der Waals surface area contributed by atoms with E-state index in [4.69, 9.17) is 0 Å². The van der Waals surface area contributed by atoms with E-state index in [9.17, 15) is 22.8 Å². The Morgan fingerprint density at radius 1 is 1.29 bits per heavy atom. The minimum Gasteiger partial charge on any atom is -0.347 e. The fourth-order valence-electron chi connectivity index (χ4n) is 0.982. The molecule has 8 heteroatoms. The van der Waals surface area contributed by atoms with Gasteiger partial charge in [0.1, 0.15) is 6.54 Å². The van der Waals surface area contributed by atoms with Crippen molar-refractivity contribution in [3.63, 3.8) is 0 Å². The van der Waals surface area contributed by atoms with Gasteiger partial charge in [-0.05, 0) is 6.92 Å². The van der Waals surface area contributed by atoms with Crippen molar-refractivity contribution < 1.29 is 22.8 Å². The summed E-state index contributed by atoms with van der Waals surface area (Å²) < 4.78 is 35.3. The molecule has 0 spiro atoms. The standard InChI is InChI=1S/C9H16F3N3O2/c1-6(8(17)15(2)3)13-4-7(16)14-5-9(10,11)12/h6,13H,4-5H2,1-3H3,(H,14,16). The van der Waals surface area contributed by atoms with E-state index in [1.165, 1.54) is 11.8 Å². The molecule has 0 rings (SSSR count). The largest absolute Gasteiger partial charge is 0.405 e. The van der Waals surface area contributed by atoms with Crippen LogP contribution in [0.5, 0.6) is 0 Å². The number of likely N-dealkylation sites (N-methyl/N-ethyl adjacent to an activating group) is 1. The van der Waals surface area contributed by atoms with E-state index in [-0.39, 0.29) is 12.5 Å². The zero-order chi connectivity index (χ0) is 13.6. The number of nitrogens with zero attached hydrogens (tertiary/aromatic N) is 1. The lowest BCUT2D eigenvalue weighted by Gasteiger charge is -2.17. The van der Waals surface area contributed by atoms with Crippen molar-refractivity contribution in [2.45, 2.75) is 19.1 Å². The lowest BCUT2D eigenvalue weighted by molar-refractivity contribution is -0.138. The van der Waals surface area contributed by atoms with Crippen molar-refractivity contribution in [1.82, 2.24) is 15.5 Å². The average molecular weight is 255 g/mol. The van der Waals surface area contributed by atoms with Crippen molar-refractivity contribution in [1.29, 1.82) is 0 Å². The summed E-state index contributed by atoms with van der Waals surface area (Å²) >= 11 is 0. The third-order valence-electron chi connectivity index (χ3n) is 1.87. The molecule has 0 bridgehead atoms. The molecule has 0 radical (unpaired) electrons. The number of hydrogen-bond acceptors (Lipinski definition) is 3. The molecular formula is C9H16F3N3O2. The number of amides is 2. The molecule has 0 aromatic carbocycles. The van der Waals surface area contributed by atoms with Crippen molar-refractivity contribution in [3.05, 3.63) is 0 Å². The molecule has 0 aromatic rings. The smallest absolute Gasteiger partial charge is 0.347 e. The summed E-state index contributed by atoms with van der Waals surface area (Å²) in [6, 6.07) is -0.623. The molecular weight excluding hydrogens is 239 g/mol. The van der Waals surface area contributed by atoms with E-state index in [1.54, 1.807) is 19.4 Å². The summed E-state index contributed by atoms with van der Waals surface area (Å²) in [5, 5.41) is 4.22. The molecule has 0 aliphatic carbocycles. The van der Waals surface area contributed by atoms with Gasteiger partial charge in [-0.25, -0.2) is 0 Å². The van der Waals surface area contributed by atoms with Crippen molar-refractivity contribution >= 4 is 11.8 Å². The van der Waals surface area contributed by atoms with E-state index in [1.807, 2.05) is 0 Å². The first-order valence-electron chi connectivity index (χ1n) is 4.91. The predicted octanol–water partition coefficient (Wildman–Crippen LogP) is -0.269. The molecule has 1 atom stereocenters. The third-order valence-corrected chi connectivity index (χ3v) is 1.87. The molecule has 0 aromatic heterocycles. The molecule has 17 heavy (non-hydrogen) atoms. The molecule has 0 aliphatic heterocycles. The van der Waals surface area contributed by atoms with Crippen LogP contribution in [0.2, 0.25) is 0 Å². The molecule has 2 N–H and O–H groups in total. The Morgan fingerprint density at radius 3 is 2.24 bits per heavy atom. The second-order valence-electron chi connectivity index (χ2n) is 3.73. The van der Waals surface area contributed by atoms with E-state index < -0.39 is 24.7 Å². The lowest BCUT2D eigenvalue weighted by atomic mass is 10.3. The van der Waals surface area contributed by atoms with E-state index in [0.717, 1.165) is 0 Å². The van der Waals surface area contributed by atoms with Crippen LogP contribution in [0.15, 0.2) is 0 Å². The van der Waals surface area contributed by atoms with E-state index in [0.29, 0.717) is 0 Å². The summed E-state index contributed by atoms with van der Waals surface area (Å²) in [6.07, 6.45) is -4.43. The van der Waals surface area contributed by atoms with Gasteiger partial charge in [0, 0.05) is 14.1 Å². The van der Waals surface area contributed by atoms with Crippen LogP contribution in [0.3, 0.4) is 0 Å². The highest BCUT2D eigenvalue weighted by molar-refractivity contribution is 5.83. The second kappa shape index (κ2) is 6.43. The monoisotopic (exact) mass is 255 g/mol. The Hall–Kier alpha value is -1.31.